The summed E-state index contributed by atoms with van der Waals surface area (Å²) in [5.74, 6) is 0.806. The van der Waals surface area contributed by atoms with Gasteiger partial charge in [-0.3, -0.25) is 4.99 Å². The van der Waals surface area contributed by atoms with Gasteiger partial charge in [-0.05, 0) is 51.7 Å². The molecule has 0 unspecified atom stereocenters. The van der Waals surface area contributed by atoms with Crippen molar-refractivity contribution in [3.8, 4) is 0 Å². The number of aliphatic imine (C=N–C) groups is 1. The van der Waals surface area contributed by atoms with Crippen molar-refractivity contribution in [1.29, 1.82) is 0 Å². The Labute approximate surface area is 146 Å². The Bertz CT molecular complexity index is 499. The molecule has 0 heterocycles. The normalized spacial score (nSPS) is 16.4. The number of anilines is 1. The number of hydrogen-bond donors (Lipinski definition) is 3. The lowest BCUT2D eigenvalue weighted by Gasteiger charge is -2.35. The summed E-state index contributed by atoms with van der Waals surface area (Å²) < 4.78 is 0. The predicted octanol–water partition coefficient (Wildman–Crippen LogP) is 2.37. The van der Waals surface area contributed by atoms with Gasteiger partial charge in [-0.25, -0.2) is 0 Å². The van der Waals surface area contributed by atoms with Gasteiger partial charge in [-0.15, -0.1) is 0 Å². The molecule has 0 radical (unpaired) electrons. The van der Waals surface area contributed by atoms with Crippen molar-refractivity contribution in [3.63, 3.8) is 0 Å². The monoisotopic (exact) mass is 332 g/mol. The highest BCUT2D eigenvalue weighted by Crippen LogP contribution is 2.31. The fourth-order valence-corrected chi connectivity index (χ4v) is 2.90. The van der Waals surface area contributed by atoms with E-state index >= 15 is 0 Å². The second kappa shape index (κ2) is 9.52. The van der Waals surface area contributed by atoms with Gasteiger partial charge in [-0.2, -0.15) is 0 Å². The van der Waals surface area contributed by atoms with Crippen molar-refractivity contribution in [2.75, 3.05) is 37.6 Å². The van der Waals surface area contributed by atoms with Crippen LogP contribution in [0, 0.1) is 0 Å². The van der Waals surface area contributed by atoms with Crippen LogP contribution in [0.25, 0.3) is 0 Å². The molecule has 1 saturated carbocycles. The summed E-state index contributed by atoms with van der Waals surface area (Å²) in [6.07, 6.45) is 3.90. The average Bonchev–Trinajstić information content (AvgIpc) is 2.58. The first kappa shape index (κ1) is 18.6. The zero-order valence-electron chi connectivity index (χ0n) is 15.1. The number of hydrogen-bond acceptors (Lipinski definition) is 3. The molecule has 24 heavy (non-hydrogen) atoms. The molecule has 1 fully saturated rings. The first-order valence-electron chi connectivity index (χ1n) is 9.21. The topological polar surface area (TPSA) is 59.9 Å². The Balaban J connectivity index is 1.74. The molecule has 1 aliphatic carbocycles. The Kier molecular flexibility index (Phi) is 7.37. The lowest BCUT2D eigenvalue weighted by atomic mass is 9.80. The van der Waals surface area contributed by atoms with Crippen LogP contribution in [0.5, 0.6) is 0 Å². The van der Waals surface area contributed by atoms with Crippen molar-refractivity contribution in [2.45, 2.75) is 45.1 Å². The Morgan fingerprint density at radius 2 is 1.96 bits per heavy atom. The second-order valence-electron chi connectivity index (χ2n) is 6.47. The third-order valence-electron chi connectivity index (χ3n) is 4.56. The number of nitrogens with zero attached hydrogens (tertiary/aromatic N) is 2. The number of rotatable bonds is 9. The maximum absolute atomic E-state index is 10.2. The summed E-state index contributed by atoms with van der Waals surface area (Å²) in [6, 6.07) is 10.5. The van der Waals surface area contributed by atoms with Gasteiger partial charge in [0, 0.05) is 31.9 Å². The third-order valence-corrected chi connectivity index (χ3v) is 4.56. The second-order valence-corrected chi connectivity index (χ2v) is 6.47. The number of nitrogens with one attached hydrogen (secondary N) is 2. The van der Waals surface area contributed by atoms with E-state index in [2.05, 4.69) is 58.6 Å². The Morgan fingerprint density at radius 3 is 2.54 bits per heavy atom. The fourth-order valence-electron chi connectivity index (χ4n) is 2.90. The first-order valence-corrected chi connectivity index (χ1v) is 9.21. The van der Waals surface area contributed by atoms with E-state index in [4.69, 9.17) is 0 Å². The molecule has 5 heteroatoms. The molecule has 3 N–H and O–H groups in total. The third kappa shape index (κ3) is 5.71. The molecule has 1 aromatic rings. The van der Waals surface area contributed by atoms with Gasteiger partial charge in [0.1, 0.15) is 0 Å². The summed E-state index contributed by atoms with van der Waals surface area (Å²) in [6.45, 7) is 8.45. The summed E-state index contributed by atoms with van der Waals surface area (Å²) in [5, 5.41) is 16.8. The van der Waals surface area contributed by atoms with Gasteiger partial charge in [0.05, 0.1) is 12.1 Å². The molecule has 134 valence electrons. The quantitative estimate of drug-likeness (QED) is 0.369. The van der Waals surface area contributed by atoms with Gasteiger partial charge in [0.2, 0.25) is 0 Å². The minimum atomic E-state index is -0.561. The van der Waals surface area contributed by atoms with E-state index in [0.717, 1.165) is 57.8 Å². The van der Waals surface area contributed by atoms with E-state index in [1.165, 1.54) is 5.69 Å². The first-order chi connectivity index (χ1) is 11.7. The molecule has 0 atom stereocenters. The zero-order valence-corrected chi connectivity index (χ0v) is 15.1. The molecular weight excluding hydrogens is 300 g/mol. The summed E-state index contributed by atoms with van der Waals surface area (Å²) in [5.41, 5.74) is 0.710. The van der Waals surface area contributed by atoms with E-state index < -0.39 is 5.60 Å². The van der Waals surface area contributed by atoms with Crippen molar-refractivity contribution in [1.82, 2.24) is 10.6 Å². The molecule has 5 nitrogen and oxygen atoms in total. The Morgan fingerprint density at radius 1 is 1.21 bits per heavy atom. The molecule has 0 saturated heterocycles. The van der Waals surface area contributed by atoms with Crippen LogP contribution in [0.4, 0.5) is 5.69 Å². The molecule has 0 bridgehead atoms. The van der Waals surface area contributed by atoms with Crippen LogP contribution in [0.3, 0.4) is 0 Å². The minimum Gasteiger partial charge on any atom is -0.388 e. The smallest absolute Gasteiger partial charge is 0.191 e. The standard InChI is InChI=1S/C19H32N4O/c1-3-20-18(22-16-19(24)12-8-13-19)21-14-9-15-23(4-2)17-10-6-5-7-11-17/h5-7,10-11,24H,3-4,8-9,12-16H2,1-2H3,(H2,20,21,22). The van der Waals surface area contributed by atoms with Gasteiger partial charge < -0.3 is 20.6 Å². The minimum absolute atomic E-state index is 0.493. The van der Waals surface area contributed by atoms with E-state index in [0.29, 0.717) is 6.54 Å². The molecule has 0 aromatic heterocycles. The van der Waals surface area contributed by atoms with E-state index in [-0.39, 0.29) is 0 Å². The van der Waals surface area contributed by atoms with Crippen LogP contribution in [0.2, 0.25) is 0 Å². The number of aliphatic hydroxyl groups is 1. The molecule has 0 aliphatic heterocycles. The van der Waals surface area contributed by atoms with Gasteiger partial charge in [0.15, 0.2) is 5.96 Å². The predicted molar refractivity (Wildman–Crippen MR) is 102 cm³/mol. The van der Waals surface area contributed by atoms with Gasteiger partial charge in [0.25, 0.3) is 0 Å². The largest absolute Gasteiger partial charge is 0.388 e. The molecular formula is C19H32N4O. The lowest BCUT2D eigenvalue weighted by Crippen LogP contribution is -2.43. The van der Waals surface area contributed by atoms with E-state index in [1.807, 2.05) is 6.07 Å². The highest BCUT2D eigenvalue weighted by Gasteiger charge is 2.34. The summed E-state index contributed by atoms with van der Waals surface area (Å²) >= 11 is 0. The van der Waals surface area contributed by atoms with Crippen molar-refractivity contribution < 1.29 is 5.11 Å². The molecule has 1 aromatic carbocycles. The SMILES string of the molecule is CCNC(=NCC1(O)CCC1)NCCCN(CC)c1ccccc1. The molecule has 0 spiro atoms. The average molecular weight is 332 g/mol. The van der Waals surface area contributed by atoms with Crippen LogP contribution in [-0.2, 0) is 0 Å². The van der Waals surface area contributed by atoms with Crippen molar-refractivity contribution in [2.24, 2.45) is 4.99 Å². The van der Waals surface area contributed by atoms with Gasteiger partial charge >= 0.3 is 0 Å². The summed E-state index contributed by atoms with van der Waals surface area (Å²) in [4.78, 5) is 6.91. The summed E-state index contributed by atoms with van der Waals surface area (Å²) in [7, 11) is 0. The van der Waals surface area contributed by atoms with Crippen molar-refractivity contribution in [3.05, 3.63) is 30.3 Å². The van der Waals surface area contributed by atoms with Crippen LogP contribution >= 0.6 is 0 Å². The Hall–Kier alpha value is -1.75. The van der Waals surface area contributed by atoms with Crippen LogP contribution in [0.1, 0.15) is 39.5 Å². The highest BCUT2D eigenvalue weighted by atomic mass is 16.3. The zero-order chi connectivity index (χ0) is 17.3. The molecule has 0 amide bonds. The van der Waals surface area contributed by atoms with Crippen molar-refractivity contribution >= 4 is 11.6 Å². The highest BCUT2D eigenvalue weighted by molar-refractivity contribution is 5.79. The fraction of sp³-hybridized carbons (Fsp3) is 0.632. The number of para-hydroxylation sites is 1. The molecule has 1 aliphatic rings. The van der Waals surface area contributed by atoms with Crippen LogP contribution in [0.15, 0.2) is 35.3 Å². The lowest BCUT2D eigenvalue weighted by molar-refractivity contribution is -0.0236. The van der Waals surface area contributed by atoms with E-state index in [1.54, 1.807) is 0 Å². The van der Waals surface area contributed by atoms with Crippen LogP contribution in [-0.4, -0.2) is 49.4 Å². The number of benzene rings is 1. The number of guanidine groups is 1. The van der Waals surface area contributed by atoms with E-state index in [9.17, 15) is 5.11 Å². The molecule has 2 rings (SSSR count). The maximum Gasteiger partial charge on any atom is 0.191 e. The van der Waals surface area contributed by atoms with Crippen LogP contribution < -0.4 is 15.5 Å². The van der Waals surface area contributed by atoms with Gasteiger partial charge in [-0.1, -0.05) is 18.2 Å². The maximum atomic E-state index is 10.2.